The van der Waals surface area contributed by atoms with Gasteiger partial charge in [0.25, 0.3) is 0 Å². The number of hydrogen-bond donors (Lipinski definition) is 1. The molecule has 1 heterocycles. The molecule has 1 amide bonds. The monoisotopic (exact) mass is 304 g/mol. The van der Waals surface area contributed by atoms with Crippen molar-refractivity contribution in [3.05, 3.63) is 48.0 Å². The molecule has 0 aromatic heterocycles. The summed E-state index contributed by atoms with van der Waals surface area (Å²) in [7, 11) is 0. The third-order valence-corrected chi connectivity index (χ3v) is 3.99. The number of nitrogens with one attached hydrogen (secondary N) is 1. The van der Waals surface area contributed by atoms with Gasteiger partial charge in [-0.1, -0.05) is 42.5 Å². The molecular formula is C17H21ClN2O. The molecule has 2 aromatic rings. The average Bonchev–Trinajstić information content (AvgIpc) is 2.47. The van der Waals surface area contributed by atoms with Crippen molar-refractivity contribution < 1.29 is 4.79 Å². The Hall–Kier alpha value is -1.58. The molecule has 0 aliphatic carbocycles. The summed E-state index contributed by atoms with van der Waals surface area (Å²) in [5.41, 5.74) is 1.10. The van der Waals surface area contributed by atoms with E-state index in [9.17, 15) is 4.79 Å². The van der Waals surface area contributed by atoms with Crippen LogP contribution in [0, 0.1) is 0 Å². The maximum Gasteiger partial charge on any atom is 0.227 e. The van der Waals surface area contributed by atoms with E-state index in [1.807, 2.05) is 17.0 Å². The quantitative estimate of drug-likeness (QED) is 0.925. The third-order valence-electron chi connectivity index (χ3n) is 3.99. The highest BCUT2D eigenvalue weighted by Gasteiger charge is 2.22. The van der Waals surface area contributed by atoms with Gasteiger partial charge in [-0.25, -0.2) is 0 Å². The van der Waals surface area contributed by atoms with Crippen molar-refractivity contribution in [1.29, 1.82) is 0 Å². The Morgan fingerprint density at radius 1 is 1.24 bits per heavy atom. The normalized spacial score (nSPS) is 18.3. The van der Waals surface area contributed by atoms with E-state index in [1.54, 1.807) is 0 Å². The summed E-state index contributed by atoms with van der Waals surface area (Å²) >= 11 is 0. The van der Waals surface area contributed by atoms with E-state index in [-0.39, 0.29) is 24.4 Å². The molecule has 1 atom stereocenters. The second kappa shape index (κ2) is 6.92. The van der Waals surface area contributed by atoms with Crippen LogP contribution < -0.4 is 5.32 Å². The Morgan fingerprint density at radius 3 is 2.76 bits per heavy atom. The fourth-order valence-electron chi connectivity index (χ4n) is 2.84. The predicted molar refractivity (Wildman–Crippen MR) is 88.9 cm³/mol. The van der Waals surface area contributed by atoms with E-state index in [0.717, 1.165) is 25.2 Å². The van der Waals surface area contributed by atoms with Gasteiger partial charge in [0.2, 0.25) is 5.91 Å². The second-order valence-electron chi connectivity index (χ2n) is 5.50. The van der Waals surface area contributed by atoms with Crippen molar-refractivity contribution in [2.24, 2.45) is 0 Å². The van der Waals surface area contributed by atoms with Gasteiger partial charge in [0.15, 0.2) is 0 Å². The van der Waals surface area contributed by atoms with Gasteiger partial charge in [0.1, 0.15) is 0 Å². The Balaban J connectivity index is 0.00000161. The predicted octanol–water partition coefficient (Wildman–Crippen LogP) is 2.62. The summed E-state index contributed by atoms with van der Waals surface area (Å²) in [6.45, 7) is 4.70. The summed E-state index contributed by atoms with van der Waals surface area (Å²) < 4.78 is 0. The van der Waals surface area contributed by atoms with Crippen LogP contribution in [0.3, 0.4) is 0 Å². The molecule has 1 N–H and O–H groups in total. The fourth-order valence-corrected chi connectivity index (χ4v) is 2.84. The van der Waals surface area contributed by atoms with Crippen molar-refractivity contribution in [3.63, 3.8) is 0 Å². The van der Waals surface area contributed by atoms with Crippen LogP contribution in [-0.2, 0) is 11.2 Å². The number of carbonyl (C=O) groups is 1. The number of carbonyl (C=O) groups excluding carboxylic acids is 1. The molecule has 0 spiro atoms. The highest BCUT2D eigenvalue weighted by Crippen LogP contribution is 2.17. The Bertz CT molecular complexity index is 629. The lowest BCUT2D eigenvalue weighted by Crippen LogP contribution is -2.52. The molecular weight excluding hydrogens is 284 g/mol. The summed E-state index contributed by atoms with van der Waals surface area (Å²) in [6.07, 6.45) is 0.495. The van der Waals surface area contributed by atoms with Gasteiger partial charge in [-0.3, -0.25) is 4.79 Å². The lowest BCUT2D eigenvalue weighted by Gasteiger charge is -2.34. The Morgan fingerprint density at radius 2 is 2.00 bits per heavy atom. The largest absolute Gasteiger partial charge is 0.337 e. The van der Waals surface area contributed by atoms with Crippen molar-refractivity contribution >= 4 is 29.1 Å². The van der Waals surface area contributed by atoms with Gasteiger partial charge in [-0.2, -0.15) is 0 Å². The first-order valence-electron chi connectivity index (χ1n) is 7.22. The Labute approximate surface area is 131 Å². The number of fused-ring (bicyclic) bond motifs is 1. The van der Waals surface area contributed by atoms with Gasteiger partial charge in [0.05, 0.1) is 6.42 Å². The first-order chi connectivity index (χ1) is 9.74. The summed E-state index contributed by atoms with van der Waals surface area (Å²) in [5.74, 6) is 0.231. The van der Waals surface area contributed by atoms with Crippen molar-refractivity contribution in [2.45, 2.75) is 19.4 Å². The lowest BCUT2D eigenvalue weighted by atomic mass is 10.0. The molecule has 0 saturated carbocycles. The van der Waals surface area contributed by atoms with Crippen LogP contribution >= 0.6 is 12.4 Å². The van der Waals surface area contributed by atoms with Gasteiger partial charge >= 0.3 is 0 Å². The summed E-state index contributed by atoms with van der Waals surface area (Å²) in [6, 6.07) is 14.8. The zero-order chi connectivity index (χ0) is 13.9. The molecule has 0 radical (unpaired) electrons. The zero-order valence-corrected chi connectivity index (χ0v) is 13.0. The van der Waals surface area contributed by atoms with Crippen molar-refractivity contribution in [3.8, 4) is 0 Å². The molecule has 112 valence electrons. The molecule has 21 heavy (non-hydrogen) atoms. The molecule has 3 rings (SSSR count). The van der Waals surface area contributed by atoms with E-state index in [1.165, 1.54) is 10.8 Å². The van der Waals surface area contributed by atoms with Crippen LogP contribution in [0.2, 0.25) is 0 Å². The molecule has 0 unspecified atom stereocenters. The zero-order valence-electron chi connectivity index (χ0n) is 12.2. The van der Waals surface area contributed by atoms with Gasteiger partial charge < -0.3 is 10.2 Å². The van der Waals surface area contributed by atoms with E-state index >= 15 is 0 Å². The Kier molecular flexibility index (Phi) is 5.21. The van der Waals surface area contributed by atoms with E-state index < -0.39 is 0 Å². The number of nitrogens with zero attached hydrogens (tertiary/aromatic N) is 1. The van der Waals surface area contributed by atoms with Crippen LogP contribution in [-0.4, -0.2) is 36.5 Å². The minimum atomic E-state index is 0. The standard InChI is InChI=1S/C17H20N2O.ClH/c1-13-12-18-8-9-19(13)17(20)11-14-6-7-15-4-2-3-5-16(15)10-14;/h2-7,10,13,18H,8-9,11-12H2,1H3;1H/t13-;/m1./s1. The van der Waals surface area contributed by atoms with Crippen LogP contribution in [0.25, 0.3) is 10.8 Å². The second-order valence-corrected chi connectivity index (χ2v) is 5.50. The lowest BCUT2D eigenvalue weighted by molar-refractivity contribution is -0.133. The number of rotatable bonds is 2. The topological polar surface area (TPSA) is 32.3 Å². The van der Waals surface area contributed by atoms with Gasteiger partial charge in [0, 0.05) is 25.7 Å². The minimum absolute atomic E-state index is 0. The average molecular weight is 305 g/mol. The molecule has 1 saturated heterocycles. The smallest absolute Gasteiger partial charge is 0.227 e. The molecule has 1 aliphatic heterocycles. The molecule has 1 aliphatic rings. The van der Waals surface area contributed by atoms with Crippen LogP contribution in [0.1, 0.15) is 12.5 Å². The molecule has 0 bridgehead atoms. The van der Waals surface area contributed by atoms with Crippen molar-refractivity contribution in [1.82, 2.24) is 10.2 Å². The van der Waals surface area contributed by atoms with E-state index in [2.05, 4.69) is 42.6 Å². The number of halogens is 1. The van der Waals surface area contributed by atoms with Gasteiger partial charge in [-0.05, 0) is 23.3 Å². The minimum Gasteiger partial charge on any atom is -0.337 e. The molecule has 1 fully saturated rings. The number of piperazine rings is 1. The van der Waals surface area contributed by atoms with Crippen LogP contribution in [0.5, 0.6) is 0 Å². The van der Waals surface area contributed by atoms with Gasteiger partial charge in [-0.15, -0.1) is 12.4 Å². The maximum absolute atomic E-state index is 12.4. The van der Waals surface area contributed by atoms with E-state index in [0.29, 0.717) is 6.42 Å². The van der Waals surface area contributed by atoms with Crippen LogP contribution in [0.4, 0.5) is 0 Å². The molecule has 2 aromatic carbocycles. The first-order valence-corrected chi connectivity index (χ1v) is 7.22. The maximum atomic E-state index is 12.4. The SMILES string of the molecule is C[C@@H]1CNCCN1C(=O)Cc1ccc2ccccc2c1.Cl. The fraction of sp³-hybridized carbons (Fsp3) is 0.353. The number of benzene rings is 2. The molecule has 4 heteroatoms. The summed E-state index contributed by atoms with van der Waals surface area (Å²) in [4.78, 5) is 14.4. The van der Waals surface area contributed by atoms with Crippen molar-refractivity contribution in [2.75, 3.05) is 19.6 Å². The first kappa shape index (κ1) is 15.8. The third kappa shape index (κ3) is 3.55. The van der Waals surface area contributed by atoms with Crippen LogP contribution in [0.15, 0.2) is 42.5 Å². The number of amides is 1. The highest BCUT2D eigenvalue weighted by molar-refractivity contribution is 5.86. The highest BCUT2D eigenvalue weighted by atomic mass is 35.5. The number of hydrogen-bond acceptors (Lipinski definition) is 2. The molecule has 3 nitrogen and oxygen atoms in total. The summed E-state index contributed by atoms with van der Waals surface area (Å²) in [5, 5.41) is 5.74. The van der Waals surface area contributed by atoms with E-state index in [4.69, 9.17) is 0 Å².